The van der Waals surface area contributed by atoms with Crippen LogP contribution >= 0.6 is 0 Å². The van der Waals surface area contributed by atoms with Gasteiger partial charge in [0.25, 0.3) is 5.91 Å². The first kappa shape index (κ1) is 17.5. The van der Waals surface area contributed by atoms with Gasteiger partial charge in [-0.25, -0.2) is 14.4 Å². The molecule has 0 N–H and O–H groups in total. The normalized spacial score (nSPS) is 21.1. The van der Waals surface area contributed by atoms with Crippen molar-refractivity contribution >= 4 is 18.3 Å². The summed E-state index contributed by atoms with van der Waals surface area (Å²) in [5.74, 6) is -0.760. The van der Waals surface area contributed by atoms with Crippen molar-refractivity contribution in [1.29, 1.82) is 0 Å². The van der Waals surface area contributed by atoms with Gasteiger partial charge in [0, 0.05) is 45.3 Å². The minimum Gasteiger partial charge on any atom is -0.342 e. The molecule has 0 radical (unpaired) electrons. The maximum atomic E-state index is 14.2. The highest BCUT2D eigenvalue weighted by Crippen LogP contribution is 2.19. The van der Waals surface area contributed by atoms with Gasteiger partial charge in [0.2, 0.25) is 12.4 Å². The number of hydrogen-bond donors (Lipinski definition) is 0. The van der Waals surface area contributed by atoms with Gasteiger partial charge in [0.15, 0.2) is 11.5 Å². The summed E-state index contributed by atoms with van der Waals surface area (Å²) in [5, 5.41) is 0. The maximum Gasteiger partial charge on any atom is 0.275 e. The minimum absolute atomic E-state index is 0.178. The molecule has 2 amide bonds. The van der Waals surface area contributed by atoms with Gasteiger partial charge in [-0.05, 0) is 20.5 Å². The molecule has 0 bridgehead atoms. The Hall–Kier alpha value is -2.29. The second kappa shape index (κ2) is 7.30. The molecule has 0 aromatic carbocycles. The summed E-state index contributed by atoms with van der Waals surface area (Å²) < 4.78 is 14.2. The average molecular weight is 350 g/mol. The van der Waals surface area contributed by atoms with E-state index in [0.29, 0.717) is 45.2 Å². The summed E-state index contributed by atoms with van der Waals surface area (Å²) in [6.07, 6.45) is 2.74. The number of piperazine rings is 1. The van der Waals surface area contributed by atoms with Crippen molar-refractivity contribution in [2.75, 3.05) is 58.3 Å². The molecule has 0 unspecified atom stereocenters. The monoisotopic (exact) mass is 350 g/mol. The first-order valence-corrected chi connectivity index (χ1v) is 8.42. The molecule has 2 aliphatic rings. The lowest BCUT2D eigenvalue weighted by Gasteiger charge is -2.32. The Morgan fingerprint density at radius 2 is 2.00 bits per heavy atom. The molecule has 1 atom stereocenters. The molecule has 3 rings (SSSR count). The predicted molar refractivity (Wildman–Crippen MR) is 89.8 cm³/mol. The first-order chi connectivity index (χ1) is 12.0. The van der Waals surface area contributed by atoms with Gasteiger partial charge in [-0.1, -0.05) is 0 Å². The molecule has 2 fully saturated rings. The molecule has 0 aliphatic carbocycles. The van der Waals surface area contributed by atoms with Crippen LogP contribution in [0.1, 0.15) is 16.9 Å². The number of hydrogen-bond acceptors (Lipinski definition) is 6. The van der Waals surface area contributed by atoms with E-state index in [9.17, 15) is 14.0 Å². The number of halogens is 1. The van der Waals surface area contributed by atoms with Crippen LogP contribution in [-0.4, -0.2) is 96.4 Å². The highest BCUT2D eigenvalue weighted by Gasteiger charge is 2.31. The Morgan fingerprint density at radius 1 is 1.28 bits per heavy atom. The lowest BCUT2D eigenvalue weighted by atomic mass is 10.2. The van der Waals surface area contributed by atoms with E-state index in [0.717, 1.165) is 19.0 Å². The zero-order valence-corrected chi connectivity index (χ0v) is 14.6. The summed E-state index contributed by atoms with van der Waals surface area (Å²) in [6.45, 7) is 3.41. The van der Waals surface area contributed by atoms with E-state index >= 15 is 0 Å². The van der Waals surface area contributed by atoms with Gasteiger partial charge in [-0.3, -0.25) is 9.59 Å². The average Bonchev–Trinajstić information content (AvgIpc) is 3.12. The fraction of sp³-hybridized carbons (Fsp3) is 0.625. The smallest absolute Gasteiger partial charge is 0.275 e. The van der Waals surface area contributed by atoms with Gasteiger partial charge in [-0.2, -0.15) is 0 Å². The maximum absolute atomic E-state index is 14.2. The van der Waals surface area contributed by atoms with Crippen molar-refractivity contribution < 1.29 is 14.0 Å². The van der Waals surface area contributed by atoms with E-state index in [2.05, 4.69) is 14.9 Å². The van der Waals surface area contributed by atoms with Crippen molar-refractivity contribution in [2.24, 2.45) is 0 Å². The lowest BCUT2D eigenvalue weighted by Crippen LogP contribution is -2.46. The largest absolute Gasteiger partial charge is 0.342 e. The van der Waals surface area contributed by atoms with E-state index in [1.165, 1.54) is 0 Å². The molecule has 1 aromatic rings. The van der Waals surface area contributed by atoms with Gasteiger partial charge in [0.05, 0.1) is 6.20 Å². The molecule has 2 saturated heterocycles. The van der Waals surface area contributed by atoms with E-state index < -0.39 is 11.7 Å². The predicted octanol–water partition coefficient (Wildman–Crippen LogP) is -0.330. The van der Waals surface area contributed by atoms with Crippen LogP contribution in [-0.2, 0) is 4.79 Å². The number of anilines is 1. The molecule has 1 aromatic heterocycles. The number of amides is 2. The van der Waals surface area contributed by atoms with Gasteiger partial charge >= 0.3 is 0 Å². The van der Waals surface area contributed by atoms with Crippen LogP contribution in [0.3, 0.4) is 0 Å². The topological polar surface area (TPSA) is 72.9 Å². The van der Waals surface area contributed by atoms with Crippen LogP contribution < -0.4 is 4.90 Å². The molecule has 0 saturated carbocycles. The quantitative estimate of drug-likeness (QED) is 0.693. The summed E-state index contributed by atoms with van der Waals surface area (Å²) in [7, 11) is 3.95. The molecule has 8 nitrogen and oxygen atoms in total. The van der Waals surface area contributed by atoms with Gasteiger partial charge < -0.3 is 19.6 Å². The molecule has 3 heterocycles. The second-order valence-corrected chi connectivity index (χ2v) is 6.65. The van der Waals surface area contributed by atoms with Crippen LogP contribution in [0.2, 0.25) is 0 Å². The molecule has 9 heteroatoms. The van der Waals surface area contributed by atoms with E-state index in [4.69, 9.17) is 0 Å². The summed E-state index contributed by atoms with van der Waals surface area (Å²) >= 11 is 0. The van der Waals surface area contributed by atoms with Gasteiger partial charge in [0.1, 0.15) is 0 Å². The van der Waals surface area contributed by atoms with Crippen LogP contribution in [0, 0.1) is 5.82 Å². The standard InChI is InChI=1S/C16H23FN6O2/c1-20(2)12-3-4-23(10-12)15(25)14-13(17)9-18-16(19-14)22-7-5-21(11-24)6-8-22/h9,11-12H,3-8,10H2,1-2H3/t12-/m1/s1. The van der Waals surface area contributed by atoms with Crippen molar-refractivity contribution in [3.05, 3.63) is 17.7 Å². The zero-order chi connectivity index (χ0) is 18.0. The second-order valence-electron chi connectivity index (χ2n) is 6.65. The molecular formula is C16H23FN6O2. The van der Waals surface area contributed by atoms with E-state index in [1.807, 2.05) is 19.0 Å². The van der Waals surface area contributed by atoms with Crippen LogP contribution in [0.25, 0.3) is 0 Å². The van der Waals surface area contributed by atoms with Crippen LogP contribution in [0.15, 0.2) is 6.20 Å². The fourth-order valence-electron chi connectivity index (χ4n) is 3.19. The molecule has 2 aliphatic heterocycles. The number of nitrogens with zero attached hydrogens (tertiary/aromatic N) is 6. The third-order valence-corrected chi connectivity index (χ3v) is 4.86. The van der Waals surface area contributed by atoms with E-state index in [1.54, 1.807) is 9.80 Å². The van der Waals surface area contributed by atoms with Crippen LogP contribution in [0.4, 0.5) is 10.3 Å². The number of carbonyl (C=O) groups is 2. The fourth-order valence-corrected chi connectivity index (χ4v) is 3.19. The minimum atomic E-state index is -0.700. The highest BCUT2D eigenvalue weighted by atomic mass is 19.1. The Balaban J connectivity index is 1.74. The Bertz CT molecular complexity index is 648. The molecule has 25 heavy (non-hydrogen) atoms. The van der Waals surface area contributed by atoms with Gasteiger partial charge in [-0.15, -0.1) is 0 Å². The summed E-state index contributed by atoms with van der Waals surface area (Å²) in [6, 6.07) is 0.282. The number of likely N-dealkylation sites (N-methyl/N-ethyl adjacent to an activating group) is 1. The Morgan fingerprint density at radius 3 is 2.60 bits per heavy atom. The summed E-state index contributed by atoms with van der Waals surface area (Å²) in [5.41, 5.74) is -0.178. The highest BCUT2D eigenvalue weighted by molar-refractivity contribution is 5.93. The van der Waals surface area contributed by atoms with Crippen molar-refractivity contribution in [3.8, 4) is 0 Å². The number of likely N-dealkylation sites (tertiary alicyclic amines) is 1. The SMILES string of the molecule is CN(C)[C@@H]1CCN(C(=O)c2nc(N3CCN(C=O)CC3)ncc2F)C1. The third kappa shape index (κ3) is 3.71. The van der Waals surface area contributed by atoms with Crippen molar-refractivity contribution in [1.82, 2.24) is 24.7 Å². The number of aromatic nitrogens is 2. The Kier molecular flexibility index (Phi) is 5.12. The third-order valence-electron chi connectivity index (χ3n) is 4.86. The summed E-state index contributed by atoms with van der Waals surface area (Å²) in [4.78, 5) is 38.9. The number of rotatable bonds is 4. The number of carbonyl (C=O) groups excluding carboxylic acids is 2. The first-order valence-electron chi connectivity index (χ1n) is 8.42. The molecular weight excluding hydrogens is 327 g/mol. The molecule has 0 spiro atoms. The van der Waals surface area contributed by atoms with Crippen LogP contribution in [0.5, 0.6) is 0 Å². The lowest BCUT2D eigenvalue weighted by molar-refractivity contribution is -0.118. The Labute approximate surface area is 146 Å². The molecule has 136 valence electrons. The van der Waals surface area contributed by atoms with Crippen molar-refractivity contribution in [2.45, 2.75) is 12.5 Å². The van der Waals surface area contributed by atoms with Crippen molar-refractivity contribution in [3.63, 3.8) is 0 Å². The van der Waals surface area contributed by atoms with E-state index in [-0.39, 0.29) is 11.7 Å². The zero-order valence-electron chi connectivity index (χ0n) is 14.6.